The Kier molecular flexibility index (Phi) is 4.59. The molecular formula is C10H19N3O. The number of aryl methyl sites for hydroxylation is 1. The number of nitrogens with zero attached hydrogens (tertiary/aromatic N) is 2. The Morgan fingerprint density at radius 2 is 2.07 bits per heavy atom. The minimum absolute atomic E-state index is 0.610. The highest BCUT2D eigenvalue weighted by molar-refractivity contribution is 4.83. The second kappa shape index (κ2) is 5.75. The van der Waals surface area contributed by atoms with Gasteiger partial charge in [-0.3, -0.25) is 0 Å². The highest BCUT2D eigenvalue weighted by atomic mass is 16.5. The largest absolute Gasteiger partial charge is 0.339 e. The molecular weight excluding hydrogens is 178 g/mol. The summed E-state index contributed by atoms with van der Waals surface area (Å²) in [5.41, 5.74) is 0. The Morgan fingerprint density at radius 3 is 2.57 bits per heavy atom. The number of nitrogens with one attached hydrogen (secondary N) is 1. The predicted molar refractivity (Wildman–Crippen MR) is 55.1 cm³/mol. The first-order valence-corrected chi connectivity index (χ1v) is 5.28. The Labute approximate surface area is 85.1 Å². The van der Waals surface area contributed by atoms with Crippen LogP contribution in [0.2, 0.25) is 0 Å². The molecule has 1 aromatic heterocycles. The molecule has 80 valence electrons. The summed E-state index contributed by atoms with van der Waals surface area (Å²) in [5, 5.41) is 7.19. The van der Waals surface area contributed by atoms with Crippen molar-refractivity contribution in [3.8, 4) is 0 Å². The smallest absolute Gasteiger partial charge is 0.227 e. The van der Waals surface area contributed by atoms with Gasteiger partial charge >= 0.3 is 0 Å². The standard InChI is InChI=1S/C10H19N3O/c1-4-9(5-2)11-7-6-10-12-8(3)13-14-10/h9,11H,4-7H2,1-3H3. The molecule has 0 aliphatic carbocycles. The van der Waals surface area contributed by atoms with E-state index in [9.17, 15) is 0 Å². The summed E-state index contributed by atoms with van der Waals surface area (Å²) >= 11 is 0. The Hall–Kier alpha value is -0.900. The van der Waals surface area contributed by atoms with E-state index in [-0.39, 0.29) is 0 Å². The van der Waals surface area contributed by atoms with Crippen molar-refractivity contribution in [3.63, 3.8) is 0 Å². The van der Waals surface area contributed by atoms with Crippen LogP contribution in [0.15, 0.2) is 4.52 Å². The Bertz CT molecular complexity index is 256. The first-order chi connectivity index (χ1) is 6.76. The number of hydrogen-bond acceptors (Lipinski definition) is 4. The molecule has 0 unspecified atom stereocenters. The van der Waals surface area contributed by atoms with Crippen LogP contribution in [0, 0.1) is 6.92 Å². The quantitative estimate of drug-likeness (QED) is 0.754. The molecule has 0 aliphatic rings. The molecule has 0 saturated carbocycles. The van der Waals surface area contributed by atoms with E-state index in [1.165, 1.54) is 12.8 Å². The van der Waals surface area contributed by atoms with E-state index in [1.54, 1.807) is 0 Å². The van der Waals surface area contributed by atoms with Gasteiger partial charge in [0.05, 0.1) is 0 Å². The second-order valence-electron chi connectivity index (χ2n) is 3.45. The van der Waals surface area contributed by atoms with Crippen LogP contribution in [0.5, 0.6) is 0 Å². The van der Waals surface area contributed by atoms with Gasteiger partial charge in [-0.05, 0) is 19.8 Å². The van der Waals surface area contributed by atoms with E-state index in [1.807, 2.05) is 6.92 Å². The lowest BCUT2D eigenvalue weighted by Crippen LogP contribution is -2.29. The molecule has 0 radical (unpaired) electrons. The average molecular weight is 197 g/mol. The first kappa shape index (κ1) is 11.2. The minimum atomic E-state index is 0.610. The van der Waals surface area contributed by atoms with Crippen LogP contribution in [0.3, 0.4) is 0 Å². The molecule has 0 atom stereocenters. The summed E-state index contributed by atoms with van der Waals surface area (Å²) < 4.78 is 5.01. The SMILES string of the molecule is CCC(CC)NCCc1nc(C)no1. The molecule has 0 amide bonds. The van der Waals surface area contributed by atoms with E-state index >= 15 is 0 Å². The van der Waals surface area contributed by atoms with Crippen LogP contribution < -0.4 is 5.32 Å². The van der Waals surface area contributed by atoms with Gasteiger partial charge in [-0.15, -0.1) is 0 Å². The van der Waals surface area contributed by atoms with Gasteiger partial charge in [-0.25, -0.2) is 0 Å². The van der Waals surface area contributed by atoms with Crippen LogP contribution in [0.4, 0.5) is 0 Å². The molecule has 0 aromatic carbocycles. The molecule has 4 nitrogen and oxygen atoms in total. The molecule has 0 aliphatic heterocycles. The van der Waals surface area contributed by atoms with Crippen molar-refractivity contribution < 1.29 is 4.52 Å². The fourth-order valence-corrected chi connectivity index (χ4v) is 1.40. The van der Waals surface area contributed by atoms with Crippen molar-refractivity contribution in [2.45, 2.75) is 46.1 Å². The van der Waals surface area contributed by atoms with E-state index in [2.05, 4.69) is 29.3 Å². The molecule has 1 heterocycles. The molecule has 1 aromatic rings. The zero-order chi connectivity index (χ0) is 10.4. The summed E-state index contributed by atoms with van der Waals surface area (Å²) in [4.78, 5) is 4.14. The summed E-state index contributed by atoms with van der Waals surface area (Å²) in [5.74, 6) is 1.43. The average Bonchev–Trinajstić information content (AvgIpc) is 2.59. The summed E-state index contributed by atoms with van der Waals surface area (Å²) in [7, 11) is 0. The summed E-state index contributed by atoms with van der Waals surface area (Å²) in [6, 6.07) is 0.610. The van der Waals surface area contributed by atoms with Crippen LogP contribution in [-0.2, 0) is 6.42 Å². The monoisotopic (exact) mass is 197 g/mol. The van der Waals surface area contributed by atoms with Crippen molar-refractivity contribution in [3.05, 3.63) is 11.7 Å². The maximum absolute atomic E-state index is 5.01. The molecule has 0 spiro atoms. The van der Waals surface area contributed by atoms with Crippen molar-refractivity contribution in [2.24, 2.45) is 0 Å². The zero-order valence-corrected chi connectivity index (χ0v) is 9.21. The van der Waals surface area contributed by atoms with E-state index in [0.717, 1.165) is 18.9 Å². The lowest BCUT2D eigenvalue weighted by Gasteiger charge is -2.13. The second-order valence-corrected chi connectivity index (χ2v) is 3.45. The maximum atomic E-state index is 5.01. The van der Waals surface area contributed by atoms with Gasteiger partial charge in [0.2, 0.25) is 5.89 Å². The zero-order valence-electron chi connectivity index (χ0n) is 9.21. The minimum Gasteiger partial charge on any atom is -0.339 e. The van der Waals surface area contributed by atoms with Crippen molar-refractivity contribution in [1.82, 2.24) is 15.5 Å². The highest BCUT2D eigenvalue weighted by Crippen LogP contribution is 1.98. The van der Waals surface area contributed by atoms with Crippen molar-refractivity contribution in [2.75, 3.05) is 6.54 Å². The first-order valence-electron chi connectivity index (χ1n) is 5.28. The fraction of sp³-hybridized carbons (Fsp3) is 0.800. The van der Waals surface area contributed by atoms with Crippen molar-refractivity contribution in [1.29, 1.82) is 0 Å². The van der Waals surface area contributed by atoms with Crippen molar-refractivity contribution >= 4 is 0 Å². The van der Waals surface area contributed by atoms with Gasteiger partial charge in [0.25, 0.3) is 0 Å². The van der Waals surface area contributed by atoms with E-state index < -0.39 is 0 Å². The number of rotatable bonds is 6. The summed E-state index contributed by atoms with van der Waals surface area (Å²) in [6.07, 6.45) is 3.15. The third-order valence-electron chi connectivity index (χ3n) is 2.33. The van der Waals surface area contributed by atoms with Gasteiger partial charge in [0.15, 0.2) is 5.82 Å². The molecule has 0 bridgehead atoms. The molecule has 0 saturated heterocycles. The van der Waals surface area contributed by atoms with Gasteiger partial charge < -0.3 is 9.84 Å². The normalized spacial score (nSPS) is 11.1. The lowest BCUT2D eigenvalue weighted by atomic mass is 10.2. The molecule has 14 heavy (non-hydrogen) atoms. The summed E-state index contributed by atoms with van der Waals surface area (Å²) in [6.45, 7) is 7.13. The van der Waals surface area contributed by atoms with Crippen LogP contribution in [0.1, 0.15) is 38.4 Å². The maximum Gasteiger partial charge on any atom is 0.227 e. The topological polar surface area (TPSA) is 51.0 Å². The number of aromatic nitrogens is 2. The molecule has 1 N–H and O–H groups in total. The van der Waals surface area contributed by atoms with Crippen LogP contribution >= 0.6 is 0 Å². The fourth-order valence-electron chi connectivity index (χ4n) is 1.40. The predicted octanol–water partition coefficient (Wildman–Crippen LogP) is 1.70. The Balaban J connectivity index is 2.21. The Morgan fingerprint density at radius 1 is 1.36 bits per heavy atom. The molecule has 4 heteroatoms. The number of hydrogen-bond donors (Lipinski definition) is 1. The third-order valence-corrected chi connectivity index (χ3v) is 2.33. The van der Waals surface area contributed by atoms with Gasteiger partial charge in [0.1, 0.15) is 0 Å². The molecule has 0 fully saturated rings. The lowest BCUT2D eigenvalue weighted by molar-refractivity contribution is 0.367. The molecule has 1 rings (SSSR count). The van der Waals surface area contributed by atoms with Gasteiger partial charge in [-0.2, -0.15) is 4.98 Å². The van der Waals surface area contributed by atoms with Crippen LogP contribution in [-0.4, -0.2) is 22.7 Å². The van der Waals surface area contributed by atoms with Gasteiger partial charge in [0, 0.05) is 19.0 Å². The van der Waals surface area contributed by atoms with Gasteiger partial charge in [-0.1, -0.05) is 19.0 Å². The van der Waals surface area contributed by atoms with E-state index in [0.29, 0.717) is 11.9 Å². The van der Waals surface area contributed by atoms with Crippen LogP contribution in [0.25, 0.3) is 0 Å². The van der Waals surface area contributed by atoms with E-state index in [4.69, 9.17) is 4.52 Å². The third kappa shape index (κ3) is 3.46. The highest BCUT2D eigenvalue weighted by Gasteiger charge is 2.04.